The van der Waals surface area contributed by atoms with Gasteiger partial charge in [-0.2, -0.15) is 23.5 Å². The largest absolute Gasteiger partial charge is 0.323 e. The van der Waals surface area contributed by atoms with Crippen LogP contribution in [0.15, 0.2) is 12.1 Å². The van der Waals surface area contributed by atoms with E-state index in [2.05, 4.69) is 4.98 Å². The molecule has 1 aliphatic heterocycles. The van der Waals surface area contributed by atoms with Crippen LogP contribution in [0, 0.1) is 11.6 Å². The molecule has 0 aliphatic carbocycles. The van der Waals surface area contributed by atoms with E-state index in [9.17, 15) is 8.78 Å². The highest BCUT2D eigenvalue weighted by Gasteiger charge is 2.21. The lowest BCUT2D eigenvalue weighted by molar-refractivity contribution is 0.510. The first kappa shape index (κ1) is 14.5. The zero-order valence-electron chi connectivity index (χ0n) is 10.6. The van der Waals surface area contributed by atoms with Gasteiger partial charge in [-0.3, -0.25) is 0 Å². The number of benzene rings is 1. The normalized spacial score (nSPS) is 19.6. The quantitative estimate of drug-likeness (QED) is 0.793. The van der Waals surface area contributed by atoms with Gasteiger partial charge in [0.25, 0.3) is 0 Å². The summed E-state index contributed by atoms with van der Waals surface area (Å²) in [6.45, 7) is 0.622. The molecule has 2 aromatic rings. The molecule has 1 aliphatic rings. The first-order chi connectivity index (χ1) is 9.70. The summed E-state index contributed by atoms with van der Waals surface area (Å²) in [6, 6.07) is 2.61. The van der Waals surface area contributed by atoms with E-state index in [1.807, 2.05) is 23.5 Å². The summed E-state index contributed by atoms with van der Waals surface area (Å²) in [7, 11) is 0. The SMILES string of the molecule is Fc1ccc2nc(CCl)n(CC3CSCCS3)c2c1F. The number of thioether (sulfide) groups is 2. The molecule has 7 heteroatoms. The van der Waals surface area contributed by atoms with Crippen LogP contribution in [0.4, 0.5) is 8.78 Å². The standard InChI is InChI=1S/C13H13ClF2N2S2/c14-5-11-17-10-2-1-9(15)12(16)13(10)18(11)6-8-7-19-3-4-20-8/h1-2,8H,3-7H2. The van der Waals surface area contributed by atoms with Crippen molar-refractivity contribution in [2.24, 2.45) is 0 Å². The van der Waals surface area contributed by atoms with Crippen molar-refractivity contribution >= 4 is 46.2 Å². The van der Waals surface area contributed by atoms with E-state index in [4.69, 9.17) is 11.6 Å². The number of rotatable bonds is 3. The van der Waals surface area contributed by atoms with Gasteiger partial charge >= 0.3 is 0 Å². The lowest BCUT2D eigenvalue weighted by atomic mass is 10.3. The smallest absolute Gasteiger partial charge is 0.184 e. The minimum atomic E-state index is -0.842. The van der Waals surface area contributed by atoms with Crippen molar-refractivity contribution in [3.63, 3.8) is 0 Å². The summed E-state index contributed by atoms with van der Waals surface area (Å²) in [6.07, 6.45) is 0. The van der Waals surface area contributed by atoms with Crippen molar-refractivity contribution in [3.05, 3.63) is 29.6 Å². The Hall–Kier alpha value is -0.460. The highest BCUT2D eigenvalue weighted by molar-refractivity contribution is 8.06. The monoisotopic (exact) mass is 334 g/mol. The van der Waals surface area contributed by atoms with Gasteiger partial charge in [0.05, 0.1) is 11.4 Å². The van der Waals surface area contributed by atoms with E-state index in [1.165, 1.54) is 6.07 Å². The van der Waals surface area contributed by atoms with Gasteiger partial charge in [-0.25, -0.2) is 13.8 Å². The van der Waals surface area contributed by atoms with Crippen LogP contribution in [0.5, 0.6) is 0 Å². The highest BCUT2D eigenvalue weighted by Crippen LogP contribution is 2.29. The van der Waals surface area contributed by atoms with E-state index >= 15 is 0 Å². The van der Waals surface area contributed by atoms with Crippen molar-refractivity contribution in [3.8, 4) is 0 Å². The van der Waals surface area contributed by atoms with E-state index < -0.39 is 11.6 Å². The molecule has 0 spiro atoms. The van der Waals surface area contributed by atoms with Crippen LogP contribution in [0.2, 0.25) is 0 Å². The number of fused-ring (bicyclic) bond motifs is 1. The summed E-state index contributed by atoms with van der Waals surface area (Å²) in [4.78, 5) is 4.31. The minimum absolute atomic E-state index is 0.195. The molecule has 0 amide bonds. The molecule has 0 bridgehead atoms. The second-order valence-corrected chi connectivity index (χ2v) is 7.39. The molecule has 1 aromatic heterocycles. The first-order valence-electron chi connectivity index (χ1n) is 6.29. The number of imidazole rings is 1. The molecule has 1 aromatic carbocycles. The summed E-state index contributed by atoms with van der Waals surface area (Å²) >= 11 is 9.67. The summed E-state index contributed by atoms with van der Waals surface area (Å²) < 4.78 is 29.3. The van der Waals surface area contributed by atoms with Crippen LogP contribution in [-0.2, 0) is 12.4 Å². The number of nitrogens with zero attached hydrogens (tertiary/aromatic N) is 2. The third-order valence-corrected chi connectivity index (χ3v) is 6.34. The number of hydrogen-bond donors (Lipinski definition) is 0. The predicted octanol–water partition coefficient (Wildman–Crippen LogP) is 3.90. The Morgan fingerprint density at radius 3 is 2.90 bits per heavy atom. The average molecular weight is 335 g/mol. The highest BCUT2D eigenvalue weighted by atomic mass is 35.5. The Morgan fingerprint density at radius 1 is 1.35 bits per heavy atom. The molecule has 0 saturated carbocycles. The van der Waals surface area contributed by atoms with Gasteiger partial charge in [-0.15, -0.1) is 11.6 Å². The summed E-state index contributed by atoms with van der Waals surface area (Å²) in [5.41, 5.74) is 0.699. The lowest BCUT2D eigenvalue weighted by Crippen LogP contribution is -2.21. The predicted molar refractivity (Wildman–Crippen MR) is 82.8 cm³/mol. The molecule has 1 saturated heterocycles. The zero-order chi connectivity index (χ0) is 14.1. The zero-order valence-corrected chi connectivity index (χ0v) is 13.0. The molecule has 1 unspecified atom stereocenters. The second kappa shape index (κ2) is 6.12. The van der Waals surface area contributed by atoms with Gasteiger partial charge in [0.15, 0.2) is 11.6 Å². The van der Waals surface area contributed by atoms with E-state index in [0.29, 0.717) is 23.1 Å². The third-order valence-electron chi connectivity index (χ3n) is 3.27. The molecule has 0 radical (unpaired) electrons. The molecular weight excluding hydrogens is 322 g/mol. The molecule has 3 rings (SSSR count). The number of alkyl halides is 1. The fourth-order valence-electron chi connectivity index (χ4n) is 2.35. The van der Waals surface area contributed by atoms with Crippen LogP contribution in [0.1, 0.15) is 5.82 Å². The third kappa shape index (κ3) is 2.65. The number of aromatic nitrogens is 2. The molecule has 0 N–H and O–H groups in total. The van der Waals surface area contributed by atoms with Gasteiger partial charge in [0.1, 0.15) is 11.3 Å². The summed E-state index contributed by atoms with van der Waals surface area (Å²) in [5, 5.41) is 0.385. The minimum Gasteiger partial charge on any atom is -0.323 e. The van der Waals surface area contributed by atoms with Crippen molar-refractivity contribution in [2.75, 3.05) is 17.3 Å². The Balaban J connectivity index is 2.04. The van der Waals surface area contributed by atoms with Crippen LogP contribution in [0.3, 0.4) is 0 Å². The maximum Gasteiger partial charge on any atom is 0.184 e. The van der Waals surface area contributed by atoms with Crippen LogP contribution < -0.4 is 0 Å². The van der Waals surface area contributed by atoms with Crippen molar-refractivity contribution in [1.82, 2.24) is 9.55 Å². The fraction of sp³-hybridized carbons (Fsp3) is 0.462. The molecule has 2 nitrogen and oxygen atoms in total. The Kier molecular flexibility index (Phi) is 4.43. The molecule has 20 heavy (non-hydrogen) atoms. The van der Waals surface area contributed by atoms with E-state index in [-0.39, 0.29) is 11.4 Å². The first-order valence-corrected chi connectivity index (χ1v) is 9.03. The Morgan fingerprint density at radius 2 is 2.20 bits per heavy atom. The maximum absolute atomic E-state index is 14.1. The number of halogens is 3. The Labute approximate surface area is 129 Å². The molecule has 108 valence electrons. The van der Waals surface area contributed by atoms with Crippen LogP contribution >= 0.6 is 35.1 Å². The van der Waals surface area contributed by atoms with Gasteiger partial charge in [-0.1, -0.05) is 0 Å². The van der Waals surface area contributed by atoms with Crippen molar-refractivity contribution < 1.29 is 8.78 Å². The van der Waals surface area contributed by atoms with Gasteiger partial charge in [-0.05, 0) is 12.1 Å². The molecule has 1 fully saturated rings. The van der Waals surface area contributed by atoms with Crippen molar-refractivity contribution in [1.29, 1.82) is 0 Å². The molecule has 2 heterocycles. The van der Waals surface area contributed by atoms with Crippen LogP contribution in [-0.4, -0.2) is 32.1 Å². The maximum atomic E-state index is 14.1. The molecule has 1 atom stereocenters. The average Bonchev–Trinajstić information content (AvgIpc) is 2.83. The van der Waals surface area contributed by atoms with Gasteiger partial charge < -0.3 is 4.57 Å². The summed E-state index contributed by atoms with van der Waals surface area (Å²) in [5.74, 6) is 2.38. The lowest BCUT2D eigenvalue weighted by Gasteiger charge is -2.22. The topological polar surface area (TPSA) is 17.8 Å². The van der Waals surface area contributed by atoms with Crippen LogP contribution in [0.25, 0.3) is 11.0 Å². The van der Waals surface area contributed by atoms with E-state index in [1.54, 1.807) is 4.57 Å². The molecular formula is C13H13ClF2N2S2. The fourth-order valence-corrected chi connectivity index (χ4v) is 5.21. The number of hydrogen-bond acceptors (Lipinski definition) is 3. The van der Waals surface area contributed by atoms with Gasteiger partial charge in [0.2, 0.25) is 0 Å². The van der Waals surface area contributed by atoms with E-state index in [0.717, 1.165) is 23.3 Å². The van der Waals surface area contributed by atoms with Gasteiger partial charge in [0, 0.05) is 29.1 Å². The second-order valence-electron chi connectivity index (χ2n) is 4.57. The Bertz CT molecular complexity index is 626. The van der Waals surface area contributed by atoms with Crippen molar-refractivity contribution in [2.45, 2.75) is 17.7 Å².